The van der Waals surface area contributed by atoms with Gasteiger partial charge in [-0.25, -0.2) is 4.79 Å². The van der Waals surface area contributed by atoms with E-state index < -0.39 is 5.97 Å². The fraction of sp³-hybridized carbons (Fsp3) is 0.190. The summed E-state index contributed by atoms with van der Waals surface area (Å²) >= 11 is 12.5. The van der Waals surface area contributed by atoms with Crippen LogP contribution in [0.2, 0.25) is 10.0 Å². The molecule has 4 rings (SSSR count). The number of carboxylic acid groups (broad SMARTS) is 1. The molecule has 0 bridgehead atoms. The second-order valence-corrected chi connectivity index (χ2v) is 7.49. The van der Waals surface area contributed by atoms with Gasteiger partial charge >= 0.3 is 5.97 Å². The first-order valence-corrected chi connectivity index (χ1v) is 9.66. The van der Waals surface area contributed by atoms with E-state index in [2.05, 4.69) is 5.10 Å². The highest BCUT2D eigenvalue weighted by Gasteiger charge is 2.27. The van der Waals surface area contributed by atoms with Crippen molar-refractivity contribution < 1.29 is 14.7 Å². The Bertz CT molecular complexity index is 1070. The third-order valence-electron chi connectivity index (χ3n) is 4.95. The van der Waals surface area contributed by atoms with Crippen LogP contribution < -0.4 is 0 Å². The molecule has 3 aromatic rings. The van der Waals surface area contributed by atoms with Crippen molar-refractivity contribution in [2.45, 2.75) is 25.7 Å². The summed E-state index contributed by atoms with van der Waals surface area (Å²) in [5.74, 6) is -1.34. The van der Waals surface area contributed by atoms with Gasteiger partial charge in [0.05, 0.1) is 32.6 Å². The van der Waals surface area contributed by atoms with E-state index in [0.717, 1.165) is 42.5 Å². The van der Waals surface area contributed by atoms with Crippen LogP contribution in [0.1, 0.15) is 44.8 Å². The molecule has 7 heteroatoms. The molecule has 0 aliphatic heterocycles. The minimum atomic E-state index is -0.984. The smallest absolute Gasteiger partial charge is 0.335 e. The highest BCUT2D eigenvalue weighted by atomic mass is 35.5. The Labute approximate surface area is 171 Å². The molecule has 142 valence electrons. The van der Waals surface area contributed by atoms with Gasteiger partial charge in [0.25, 0.3) is 5.91 Å². The molecule has 0 fully saturated rings. The first kappa shape index (κ1) is 18.7. The summed E-state index contributed by atoms with van der Waals surface area (Å²) in [5.41, 5.74) is 3.80. The van der Waals surface area contributed by atoms with Crippen molar-refractivity contribution in [1.29, 1.82) is 0 Å². The highest BCUT2D eigenvalue weighted by Crippen LogP contribution is 2.33. The summed E-state index contributed by atoms with van der Waals surface area (Å²) in [5, 5.41) is 14.3. The lowest BCUT2D eigenvalue weighted by molar-refractivity contribution is 0.0696. The number of aromatic carboxylic acids is 1. The molecule has 0 spiro atoms. The minimum Gasteiger partial charge on any atom is -0.478 e. The van der Waals surface area contributed by atoms with Gasteiger partial charge in [0, 0.05) is 11.1 Å². The lowest BCUT2D eigenvalue weighted by atomic mass is 9.93. The lowest BCUT2D eigenvalue weighted by Gasteiger charge is -2.14. The summed E-state index contributed by atoms with van der Waals surface area (Å²) in [7, 11) is 0. The third-order valence-corrected chi connectivity index (χ3v) is 5.58. The monoisotopic (exact) mass is 414 g/mol. The molecule has 1 heterocycles. The SMILES string of the molecule is O=C(O)c1ccc(-c2nn(C(=O)c3c(Cl)cccc3Cl)c3c2CCCC3)cc1. The number of aromatic nitrogens is 2. The predicted octanol–water partition coefficient (Wildman–Crippen LogP) is 5.12. The quantitative estimate of drug-likeness (QED) is 0.645. The van der Waals surface area contributed by atoms with Crippen LogP contribution in [0, 0.1) is 0 Å². The maximum Gasteiger partial charge on any atom is 0.335 e. The average Bonchev–Trinajstić information content (AvgIpc) is 3.07. The fourth-order valence-electron chi connectivity index (χ4n) is 3.58. The van der Waals surface area contributed by atoms with E-state index in [1.165, 1.54) is 4.68 Å². The van der Waals surface area contributed by atoms with Crippen LogP contribution in [0.5, 0.6) is 0 Å². The van der Waals surface area contributed by atoms with E-state index in [0.29, 0.717) is 5.69 Å². The van der Waals surface area contributed by atoms with E-state index in [1.807, 2.05) is 0 Å². The summed E-state index contributed by atoms with van der Waals surface area (Å²) in [6.07, 6.45) is 3.54. The van der Waals surface area contributed by atoms with Crippen molar-refractivity contribution in [2.24, 2.45) is 0 Å². The Kier molecular flexibility index (Phi) is 4.96. The number of carboxylic acids is 1. The van der Waals surface area contributed by atoms with Crippen LogP contribution in [-0.2, 0) is 12.8 Å². The maximum absolute atomic E-state index is 13.2. The largest absolute Gasteiger partial charge is 0.478 e. The van der Waals surface area contributed by atoms with Gasteiger partial charge in [-0.05, 0) is 49.9 Å². The molecule has 0 radical (unpaired) electrons. The van der Waals surface area contributed by atoms with Gasteiger partial charge in [-0.15, -0.1) is 0 Å². The van der Waals surface area contributed by atoms with Crippen molar-refractivity contribution in [1.82, 2.24) is 9.78 Å². The van der Waals surface area contributed by atoms with Crippen molar-refractivity contribution in [2.75, 3.05) is 0 Å². The van der Waals surface area contributed by atoms with Gasteiger partial charge in [-0.3, -0.25) is 4.79 Å². The number of halogens is 2. The number of hydrogen-bond acceptors (Lipinski definition) is 3. The molecular formula is C21H16Cl2N2O3. The van der Waals surface area contributed by atoms with Gasteiger partial charge in [0.1, 0.15) is 0 Å². The molecule has 28 heavy (non-hydrogen) atoms. The number of rotatable bonds is 3. The summed E-state index contributed by atoms with van der Waals surface area (Å²) in [4.78, 5) is 24.3. The van der Waals surface area contributed by atoms with Crippen molar-refractivity contribution >= 4 is 35.1 Å². The number of hydrogen-bond donors (Lipinski definition) is 1. The summed E-state index contributed by atoms with van der Waals surface area (Å²) in [6, 6.07) is 11.5. The van der Waals surface area contributed by atoms with Gasteiger partial charge in [-0.1, -0.05) is 41.4 Å². The Balaban J connectivity index is 1.84. The first-order chi connectivity index (χ1) is 13.5. The Morgan fingerprint density at radius 3 is 2.25 bits per heavy atom. The second-order valence-electron chi connectivity index (χ2n) is 6.68. The molecule has 0 saturated carbocycles. The molecule has 0 amide bonds. The highest BCUT2D eigenvalue weighted by molar-refractivity contribution is 6.39. The number of nitrogens with zero attached hydrogens (tertiary/aromatic N) is 2. The van der Waals surface area contributed by atoms with E-state index in [1.54, 1.807) is 42.5 Å². The lowest BCUT2D eigenvalue weighted by Crippen LogP contribution is -2.19. The molecule has 1 aromatic heterocycles. The van der Waals surface area contributed by atoms with E-state index in [9.17, 15) is 9.59 Å². The average molecular weight is 415 g/mol. The van der Waals surface area contributed by atoms with E-state index in [-0.39, 0.29) is 27.1 Å². The fourth-order valence-corrected chi connectivity index (χ4v) is 4.14. The molecule has 0 atom stereocenters. The van der Waals surface area contributed by atoms with Crippen LogP contribution in [0.4, 0.5) is 0 Å². The molecule has 1 N–H and O–H groups in total. The van der Waals surface area contributed by atoms with Crippen LogP contribution >= 0.6 is 23.2 Å². The number of fused-ring (bicyclic) bond motifs is 1. The van der Waals surface area contributed by atoms with Crippen molar-refractivity contribution in [3.8, 4) is 11.3 Å². The molecule has 1 aliphatic carbocycles. The second kappa shape index (κ2) is 7.41. The van der Waals surface area contributed by atoms with E-state index in [4.69, 9.17) is 28.3 Å². The zero-order chi connectivity index (χ0) is 19.8. The Hall–Kier alpha value is -2.63. The number of carbonyl (C=O) groups is 2. The van der Waals surface area contributed by atoms with Gasteiger partial charge in [0.2, 0.25) is 0 Å². The van der Waals surface area contributed by atoms with Crippen LogP contribution in [0.25, 0.3) is 11.3 Å². The third kappa shape index (κ3) is 3.21. The predicted molar refractivity (Wildman–Crippen MR) is 107 cm³/mol. The zero-order valence-electron chi connectivity index (χ0n) is 14.8. The number of carbonyl (C=O) groups excluding carboxylic acids is 1. The Morgan fingerprint density at radius 2 is 1.61 bits per heavy atom. The number of benzene rings is 2. The topological polar surface area (TPSA) is 72.2 Å². The zero-order valence-corrected chi connectivity index (χ0v) is 16.3. The summed E-state index contributed by atoms with van der Waals surface area (Å²) < 4.78 is 1.40. The Morgan fingerprint density at radius 1 is 0.964 bits per heavy atom. The van der Waals surface area contributed by atoms with Crippen molar-refractivity contribution in [3.63, 3.8) is 0 Å². The van der Waals surface area contributed by atoms with Crippen LogP contribution in [-0.4, -0.2) is 26.8 Å². The van der Waals surface area contributed by atoms with Gasteiger partial charge < -0.3 is 5.11 Å². The van der Waals surface area contributed by atoms with Gasteiger partial charge in [-0.2, -0.15) is 9.78 Å². The van der Waals surface area contributed by atoms with Crippen LogP contribution in [0.3, 0.4) is 0 Å². The first-order valence-electron chi connectivity index (χ1n) is 8.90. The molecule has 1 aliphatic rings. The van der Waals surface area contributed by atoms with E-state index >= 15 is 0 Å². The molecule has 0 unspecified atom stereocenters. The standard InChI is InChI=1S/C21H16Cl2N2O3/c22-15-5-3-6-16(23)18(15)20(26)25-17-7-2-1-4-14(17)19(24-25)12-8-10-13(11-9-12)21(27)28/h3,5-6,8-11H,1-2,4,7H2,(H,27,28). The molecule has 2 aromatic carbocycles. The molecule has 0 saturated heterocycles. The van der Waals surface area contributed by atoms with Crippen molar-refractivity contribution in [3.05, 3.63) is 74.9 Å². The van der Waals surface area contributed by atoms with Gasteiger partial charge in [0.15, 0.2) is 0 Å². The summed E-state index contributed by atoms with van der Waals surface area (Å²) in [6.45, 7) is 0. The van der Waals surface area contributed by atoms with Crippen LogP contribution in [0.15, 0.2) is 42.5 Å². The minimum absolute atomic E-state index is 0.205. The normalized spacial score (nSPS) is 13.2. The maximum atomic E-state index is 13.2. The molecule has 5 nitrogen and oxygen atoms in total. The molecular weight excluding hydrogens is 399 g/mol.